The Kier molecular flexibility index (Phi) is 5.22. The number of hydrogen-bond acceptors (Lipinski definition) is 3. The summed E-state index contributed by atoms with van der Waals surface area (Å²) in [5, 5.41) is 8.89. The number of carboxylic acid groups (broad SMARTS) is 1. The molecule has 0 spiro atoms. The van der Waals surface area contributed by atoms with Crippen LogP contribution in [0.15, 0.2) is 41.3 Å². The van der Waals surface area contributed by atoms with Crippen LogP contribution in [-0.4, -0.2) is 22.2 Å². The molecule has 25 heavy (non-hydrogen) atoms. The third-order valence-electron chi connectivity index (χ3n) is 3.72. The van der Waals surface area contributed by atoms with Crippen molar-refractivity contribution in [1.29, 1.82) is 0 Å². The fourth-order valence-corrected chi connectivity index (χ4v) is 4.12. The molecule has 2 aromatic rings. The van der Waals surface area contributed by atoms with Crippen LogP contribution in [0, 0.1) is 5.82 Å². The largest absolute Gasteiger partial charge is 0.481 e. The van der Waals surface area contributed by atoms with Crippen LogP contribution >= 0.6 is 35.0 Å². The van der Waals surface area contributed by atoms with Gasteiger partial charge in [-0.1, -0.05) is 35.3 Å². The van der Waals surface area contributed by atoms with Gasteiger partial charge < -0.3 is 10.0 Å². The number of carboxylic acids is 1. The fourth-order valence-electron chi connectivity index (χ4n) is 2.58. The molecule has 0 aromatic heterocycles. The highest BCUT2D eigenvalue weighted by molar-refractivity contribution is 8.01. The summed E-state index contributed by atoms with van der Waals surface area (Å²) in [6, 6.07) is 9.40. The van der Waals surface area contributed by atoms with Crippen molar-refractivity contribution in [2.45, 2.75) is 23.1 Å². The number of aliphatic carboxylic acids is 1. The molecule has 8 heteroatoms. The van der Waals surface area contributed by atoms with E-state index in [1.807, 2.05) is 0 Å². The van der Waals surface area contributed by atoms with Crippen LogP contribution in [-0.2, 0) is 16.1 Å². The minimum Gasteiger partial charge on any atom is -0.481 e. The Hall–Kier alpha value is -1.76. The Balaban J connectivity index is 2.00. The molecule has 1 aliphatic rings. The van der Waals surface area contributed by atoms with Crippen LogP contribution in [0.3, 0.4) is 0 Å². The highest BCUT2D eigenvalue weighted by Crippen LogP contribution is 2.42. The van der Waals surface area contributed by atoms with Gasteiger partial charge in [0, 0.05) is 0 Å². The molecule has 130 valence electrons. The highest BCUT2D eigenvalue weighted by atomic mass is 35.5. The lowest BCUT2D eigenvalue weighted by molar-refractivity contribution is -0.138. The van der Waals surface area contributed by atoms with Crippen LogP contribution in [0.4, 0.5) is 10.1 Å². The van der Waals surface area contributed by atoms with Crippen molar-refractivity contribution in [3.8, 4) is 0 Å². The Morgan fingerprint density at radius 1 is 1.24 bits per heavy atom. The number of rotatable bonds is 4. The first-order valence-electron chi connectivity index (χ1n) is 7.29. The maximum Gasteiger partial charge on any atom is 0.305 e. The van der Waals surface area contributed by atoms with Gasteiger partial charge in [0.1, 0.15) is 5.82 Å². The quantitative estimate of drug-likeness (QED) is 0.814. The van der Waals surface area contributed by atoms with Gasteiger partial charge in [-0.15, -0.1) is 11.8 Å². The van der Waals surface area contributed by atoms with Crippen molar-refractivity contribution in [3.63, 3.8) is 0 Å². The molecule has 0 saturated carbocycles. The van der Waals surface area contributed by atoms with Gasteiger partial charge in [-0.25, -0.2) is 4.39 Å². The summed E-state index contributed by atoms with van der Waals surface area (Å²) < 4.78 is 14.2. The molecule has 4 nitrogen and oxygen atoms in total. The maximum atomic E-state index is 14.2. The summed E-state index contributed by atoms with van der Waals surface area (Å²) in [7, 11) is 0. The van der Waals surface area contributed by atoms with E-state index in [0.29, 0.717) is 21.3 Å². The molecule has 0 bridgehead atoms. The van der Waals surface area contributed by atoms with Crippen LogP contribution in [0.5, 0.6) is 0 Å². The minimum atomic E-state index is -1.11. The summed E-state index contributed by atoms with van der Waals surface area (Å²) >= 11 is 12.9. The smallest absolute Gasteiger partial charge is 0.305 e. The van der Waals surface area contributed by atoms with Gasteiger partial charge in [-0.3, -0.25) is 9.59 Å². The van der Waals surface area contributed by atoms with Gasteiger partial charge in [0.15, 0.2) is 0 Å². The number of anilines is 1. The van der Waals surface area contributed by atoms with E-state index in [-0.39, 0.29) is 23.8 Å². The topological polar surface area (TPSA) is 57.6 Å². The lowest BCUT2D eigenvalue weighted by Gasteiger charge is -2.33. The van der Waals surface area contributed by atoms with E-state index in [0.717, 1.165) is 11.8 Å². The third kappa shape index (κ3) is 3.76. The average Bonchev–Trinajstić information content (AvgIpc) is 2.55. The predicted molar refractivity (Wildman–Crippen MR) is 95.9 cm³/mol. The van der Waals surface area contributed by atoms with Gasteiger partial charge in [-0.2, -0.15) is 0 Å². The van der Waals surface area contributed by atoms with E-state index >= 15 is 0 Å². The van der Waals surface area contributed by atoms with Crippen molar-refractivity contribution >= 4 is 52.5 Å². The molecule has 0 radical (unpaired) electrons. The summed E-state index contributed by atoms with van der Waals surface area (Å²) in [4.78, 5) is 25.5. The number of hydrogen-bond donors (Lipinski definition) is 1. The second-order valence-electron chi connectivity index (χ2n) is 5.47. The monoisotopic (exact) mass is 399 g/mol. The third-order valence-corrected chi connectivity index (χ3v) is 5.75. The Morgan fingerprint density at radius 2 is 2.00 bits per heavy atom. The number of carbonyl (C=O) groups is 2. The van der Waals surface area contributed by atoms with Gasteiger partial charge in [0.05, 0.1) is 38.8 Å². The molecule has 1 aliphatic heterocycles. The Labute approximate surface area is 157 Å². The van der Waals surface area contributed by atoms with E-state index in [4.69, 9.17) is 28.3 Å². The molecule has 2 aromatic carbocycles. The summed E-state index contributed by atoms with van der Waals surface area (Å²) in [6.45, 7) is 0.142. The second-order valence-corrected chi connectivity index (χ2v) is 7.49. The first kappa shape index (κ1) is 18.0. The number of carbonyl (C=O) groups excluding carboxylic acids is 1. The van der Waals surface area contributed by atoms with Crippen molar-refractivity contribution in [2.75, 3.05) is 4.90 Å². The molecule has 1 N–H and O–H groups in total. The van der Waals surface area contributed by atoms with E-state index in [1.54, 1.807) is 24.3 Å². The average molecular weight is 400 g/mol. The van der Waals surface area contributed by atoms with Crippen LogP contribution < -0.4 is 4.90 Å². The predicted octanol–water partition coefficient (Wildman–Crippen LogP) is 4.61. The second kappa shape index (κ2) is 7.23. The zero-order valence-corrected chi connectivity index (χ0v) is 15.0. The number of fused-ring (bicyclic) bond motifs is 1. The van der Waals surface area contributed by atoms with Gasteiger partial charge in [-0.05, 0) is 29.8 Å². The number of nitrogens with zero attached hydrogens (tertiary/aromatic N) is 1. The van der Waals surface area contributed by atoms with E-state index in [1.165, 1.54) is 17.0 Å². The molecular formula is C17H12Cl2FNO3S. The van der Waals surface area contributed by atoms with Crippen LogP contribution in [0.1, 0.15) is 12.0 Å². The Morgan fingerprint density at radius 3 is 2.68 bits per heavy atom. The zero-order chi connectivity index (χ0) is 18.1. The molecule has 1 atom stereocenters. The van der Waals surface area contributed by atoms with E-state index in [9.17, 15) is 14.0 Å². The van der Waals surface area contributed by atoms with Crippen LogP contribution in [0.25, 0.3) is 0 Å². The van der Waals surface area contributed by atoms with Gasteiger partial charge in [0.25, 0.3) is 0 Å². The van der Waals surface area contributed by atoms with E-state index in [2.05, 4.69) is 0 Å². The van der Waals surface area contributed by atoms with Crippen molar-refractivity contribution in [3.05, 3.63) is 57.8 Å². The SMILES string of the molecule is O=C(O)CC1Sc2c(F)cccc2N(Cc2ccc(Cl)c(Cl)c2)C1=O. The molecule has 1 unspecified atom stereocenters. The molecular weight excluding hydrogens is 388 g/mol. The maximum absolute atomic E-state index is 14.2. The first-order chi connectivity index (χ1) is 11.9. The fraction of sp³-hybridized carbons (Fsp3) is 0.176. The highest BCUT2D eigenvalue weighted by Gasteiger charge is 2.36. The van der Waals surface area contributed by atoms with Crippen molar-refractivity contribution in [1.82, 2.24) is 0 Å². The van der Waals surface area contributed by atoms with Crippen LogP contribution in [0.2, 0.25) is 10.0 Å². The number of benzene rings is 2. The first-order valence-corrected chi connectivity index (χ1v) is 8.92. The van der Waals surface area contributed by atoms with Crippen molar-refractivity contribution in [2.24, 2.45) is 0 Å². The number of amides is 1. The lowest BCUT2D eigenvalue weighted by Crippen LogP contribution is -2.41. The van der Waals surface area contributed by atoms with Gasteiger partial charge >= 0.3 is 5.97 Å². The molecule has 0 saturated heterocycles. The summed E-state index contributed by atoms with van der Waals surface area (Å²) in [5.74, 6) is -1.97. The standard InChI is InChI=1S/C17H12Cl2FNO3S/c18-10-5-4-9(6-11(10)19)8-21-13-3-1-2-12(20)16(13)25-14(17(21)24)7-15(22)23/h1-6,14H,7-8H2,(H,22,23). The molecule has 0 aliphatic carbocycles. The number of thioether (sulfide) groups is 1. The Bertz CT molecular complexity index is 862. The molecule has 3 rings (SSSR count). The molecule has 1 amide bonds. The molecule has 0 fully saturated rings. The van der Waals surface area contributed by atoms with Gasteiger partial charge in [0.2, 0.25) is 5.91 Å². The van der Waals surface area contributed by atoms with E-state index < -0.39 is 17.0 Å². The molecule has 1 heterocycles. The number of halogens is 3. The van der Waals surface area contributed by atoms with Crippen molar-refractivity contribution < 1.29 is 19.1 Å². The summed E-state index contributed by atoms with van der Waals surface area (Å²) in [5.41, 5.74) is 1.13. The lowest BCUT2D eigenvalue weighted by atomic mass is 10.1. The zero-order valence-electron chi connectivity index (χ0n) is 12.7. The summed E-state index contributed by atoms with van der Waals surface area (Å²) in [6.07, 6.45) is -0.380. The normalized spacial score (nSPS) is 16.7. The minimum absolute atomic E-state index is 0.142.